The van der Waals surface area contributed by atoms with Gasteiger partial charge in [-0.25, -0.2) is 0 Å². The smallest absolute Gasteiger partial charge is 0.231 e. The van der Waals surface area contributed by atoms with Crippen molar-refractivity contribution in [2.75, 3.05) is 25.5 Å². The third-order valence-electron chi connectivity index (χ3n) is 5.37. The Labute approximate surface area is 178 Å². The van der Waals surface area contributed by atoms with Crippen molar-refractivity contribution in [1.82, 2.24) is 20.1 Å². The Morgan fingerprint density at radius 2 is 2.23 bits per heavy atom. The molecular formula is C21H25N5O3S. The van der Waals surface area contributed by atoms with Crippen molar-refractivity contribution in [1.29, 1.82) is 0 Å². The number of aromatic amines is 1. The molecule has 1 aliphatic heterocycles. The van der Waals surface area contributed by atoms with Gasteiger partial charge < -0.3 is 19.9 Å². The molecule has 1 saturated heterocycles. The van der Waals surface area contributed by atoms with Gasteiger partial charge in [-0.1, -0.05) is 18.3 Å². The summed E-state index contributed by atoms with van der Waals surface area (Å²) in [6.45, 7) is 3.08. The number of benzene rings is 1. The van der Waals surface area contributed by atoms with Crippen LogP contribution >= 0.6 is 11.3 Å². The second-order valence-corrected chi connectivity index (χ2v) is 8.52. The van der Waals surface area contributed by atoms with E-state index in [0.717, 1.165) is 40.1 Å². The van der Waals surface area contributed by atoms with Crippen molar-refractivity contribution in [2.24, 2.45) is 5.92 Å². The summed E-state index contributed by atoms with van der Waals surface area (Å²) in [7, 11) is 1.65. The normalized spacial score (nSPS) is 16.4. The Hall–Kier alpha value is -2.94. The number of hydrogen-bond acceptors (Lipinski definition) is 6. The zero-order valence-corrected chi connectivity index (χ0v) is 17.9. The van der Waals surface area contributed by atoms with E-state index in [2.05, 4.69) is 27.4 Å². The van der Waals surface area contributed by atoms with Crippen LogP contribution in [0.1, 0.15) is 30.3 Å². The second-order valence-electron chi connectivity index (χ2n) is 7.46. The molecule has 1 unspecified atom stereocenters. The minimum atomic E-state index is -0.362. The fourth-order valence-corrected chi connectivity index (χ4v) is 4.58. The molecule has 9 heteroatoms. The third-order valence-corrected chi connectivity index (χ3v) is 6.27. The number of likely N-dealkylation sites (tertiary alicyclic amines) is 1. The van der Waals surface area contributed by atoms with E-state index >= 15 is 0 Å². The van der Waals surface area contributed by atoms with E-state index in [0.29, 0.717) is 24.6 Å². The van der Waals surface area contributed by atoms with Gasteiger partial charge in [0.05, 0.1) is 13.0 Å². The largest absolute Gasteiger partial charge is 0.497 e. The number of carbonyl (C=O) groups is 2. The molecule has 1 fully saturated rings. The van der Waals surface area contributed by atoms with Crippen molar-refractivity contribution < 1.29 is 14.3 Å². The number of nitrogens with zero attached hydrogens (tertiary/aromatic N) is 3. The zero-order chi connectivity index (χ0) is 21.1. The highest BCUT2D eigenvalue weighted by atomic mass is 32.1. The maximum Gasteiger partial charge on any atom is 0.231 e. The van der Waals surface area contributed by atoms with Crippen LogP contribution in [-0.4, -0.2) is 52.1 Å². The number of aryl methyl sites for hydroxylation is 1. The number of ether oxygens (including phenoxy) is 1. The Balaban J connectivity index is 1.35. The molecule has 0 radical (unpaired) electrons. The molecule has 3 heterocycles. The van der Waals surface area contributed by atoms with Crippen molar-refractivity contribution in [2.45, 2.75) is 32.6 Å². The monoisotopic (exact) mass is 427 g/mol. The third kappa shape index (κ3) is 4.30. The maximum absolute atomic E-state index is 12.6. The molecule has 3 aromatic rings. The number of nitrogens with one attached hydrogen (secondary N) is 2. The molecule has 158 valence electrons. The van der Waals surface area contributed by atoms with Crippen LogP contribution in [-0.2, 0) is 22.4 Å². The molecule has 4 rings (SSSR count). The van der Waals surface area contributed by atoms with E-state index in [4.69, 9.17) is 4.74 Å². The first-order valence-electron chi connectivity index (χ1n) is 10.1. The van der Waals surface area contributed by atoms with Gasteiger partial charge in [-0.2, -0.15) is 0 Å². The van der Waals surface area contributed by atoms with Gasteiger partial charge in [0.25, 0.3) is 0 Å². The van der Waals surface area contributed by atoms with E-state index in [1.165, 1.54) is 11.3 Å². The van der Waals surface area contributed by atoms with Gasteiger partial charge >= 0.3 is 0 Å². The SMILES string of the molecule is CCCc1nnc(NC(=O)C2CC(=O)N(CCc3c[nH]c4ccc(OC)cc34)C2)s1. The Kier molecular flexibility index (Phi) is 5.98. The van der Waals surface area contributed by atoms with Gasteiger partial charge in [-0.3, -0.25) is 9.59 Å². The number of rotatable bonds is 8. The molecule has 2 amide bonds. The molecule has 1 aliphatic rings. The first kappa shape index (κ1) is 20.3. The van der Waals surface area contributed by atoms with E-state index in [1.807, 2.05) is 24.4 Å². The number of anilines is 1. The lowest BCUT2D eigenvalue weighted by Crippen LogP contribution is -2.30. The molecule has 0 spiro atoms. The summed E-state index contributed by atoms with van der Waals surface area (Å²) in [5.41, 5.74) is 2.16. The van der Waals surface area contributed by atoms with Crippen LogP contribution in [0.15, 0.2) is 24.4 Å². The molecule has 0 aliphatic carbocycles. The molecular weight excluding hydrogens is 402 g/mol. The summed E-state index contributed by atoms with van der Waals surface area (Å²) in [4.78, 5) is 30.1. The van der Waals surface area contributed by atoms with Gasteiger partial charge in [0.2, 0.25) is 16.9 Å². The van der Waals surface area contributed by atoms with Gasteiger partial charge in [0.1, 0.15) is 10.8 Å². The first-order chi connectivity index (χ1) is 14.6. The van der Waals surface area contributed by atoms with E-state index in [1.54, 1.807) is 12.0 Å². The summed E-state index contributed by atoms with van der Waals surface area (Å²) in [5.74, 6) is 0.286. The summed E-state index contributed by atoms with van der Waals surface area (Å²) in [6, 6.07) is 5.90. The fraction of sp³-hybridized carbons (Fsp3) is 0.429. The van der Waals surface area contributed by atoms with E-state index in [9.17, 15) is 9.59 Å². The van der Waals surface area contributed by atoms with Gasteiger partial charge in [-0.15, -0.1) is 10.2 Å². The van der Waals surface area contributed by atoms with Crippen molar-refractivity contribution >= 4 is 39.2 Å². The minimum Gasteiger partial charge on any atom is -0.497 e. The lowest BCUT2D eigenvalue weighted by molar-refractivity contribution is -0.128. The molecule has 0 saturated carbocycles. The van der Waals surface area contributed by atoms with Crippen LogP contribution in [0, 0.1) is 5.92 Å². The van der Waals surface area contributed by atoms with E-state index < -0.39 is 0 Å². The number of H-pyrrole nitrogens is 1. The van der Waals surface area contributed by atoms with Gasteiger partial charge in [0, 0.05) is 43.0 Å². The quantitative estimate of drug-likeness (QED) is 0.576. The van der Waals surface area contributed by atoms with Crippen LogP contribution in [0.5, 0.6) is 5.75 Å². The molecule has 30 heavy (non-hydrogen) atoms. The lowest BCUT2D eigenvalue weighted by atomic mass is 10.1. The molecule has 1 atom stereocenters. The Morgan fingerprint density at radius 3 is 3.03 bits per heavy atom. The zero-order valence-electron chi connectivity index (χ0n) is 17.1. The highest BCUT2D eigenvalue weighted by Gasteiger charge is 2.34. The number of amides is 2. The van der Waals surface area contributed by atoms with Crippen molar-refractivity contribution in [3.63, 3.8) is 0 Å². The second kappa shape index (κ2) is 8.83. The molecule has 8 nitrogen and oxygen atoms in total. The maximum atomic E-state index is 12.6. The topological polar surface area (TPSA) is 100 Å². The highest BCUT2D eigenvalue weighted by Crippen LogP contribution is 2.26. The number of hydrogen-bond donors (Lipinski definition) is 2. The molecule has 2 aromatic heterocycles. The number of aromatic nitrogens is 3. The Morgan fingerprint density at radius 1 is 1.37 bits per heavy atom. The summed E-state index contributed by atoms with van der Waals surface area (Å²) < 4.78 is 5.31. The van der Waals surface area contributed by atoms with Crippen molar-refractivity contribution in [3.8, 4) is 5.75 Å². The summed E-state index contributed by atoms with van der Waals surface area (Å²) in [6.07, 6.45) is 4.75. The predicted octanol–water partition coefficient (Wildman–Crippen LogP) is 3.01. The average Bonchev–Trinajstić information content (AvgIpc) is 3.45. The van der Waals surface area contributed by atoms with Crippen LogP contribution in [0.3, 0.4) is 0 Å². The van der Waals surface area contributed by atoms with E-state index in [-0.39, 0.29) is 24.2 Å². The average molecular weight is 428 g/mol. The van der Waals surface area contributed by atoms with Gasteiger partial charge in [-0.05, 0) is 36.6 Å². The predicted molar refractivity (Wildman–Crippen MR) is 116 cm³/mol. The fourth-order valence-electron chi connectivity index (χ4n) is 3.74. The lowest BCUT2D eigenvalue weighted by Gasteiger charge is -2.16. The van der Waals surface area contributed by atoms with Crippen LogP contribution < -0.4 is 10.1 Å². The highest BCUT2D eigenvalue weighted by molar-refractivity contribution is 7.15. The number of fused-ring (bicyclic) bond motifs is 1. The standard InChI is InChI=1S/C21H25N5O3S/c1-3-4-18-24-25-21(30-18)23-20(28)14-9-19(27)26(12-14)8-7-13-11-22-17-6-5-15(29-2)10-16(13)17/h5-6,10-11,14,22H,3-4,7-9,12H2,1-2H3,(H,23,25,28). The Bertz CT molecular complexity index is 1060. The minimum absolute atomic E-state index is 0.0107. The summed E-state index contributed by atoms with van der Waals surface area (Å²) in [5, 5.41) is 13.4. The molecule has 2 N–H and O–H groups in total. The van der Waals surface area contributed by atoms with Crippen LogP contribution in [0.25, 0.3) is 10.9 Å². The molecule has 1 aromatic carbocycles. The van der Waals surface area contributed by atoms with Crippen LogP contribution in [0.4, 0.5) is 5.13 Å². The molecule has 0 bridgehead atoms. The first-order valence-corrected chi connectivity index (χ1v) is 10.9. The van der Waals surface area contributed by atoms with Crippen molar-refractivity contribution in [3.05, 3.63) is 35.0 Å². The number of methoxy groups -OCH3 is 1. The van der Waals surface area contributed by atoms with Crippen LogP contribution in [0.2, 0.25) is 0 Å². The van der Waals surface area contributed by atoms with Gasteiger partial charge in [0.15, 0.2) is 0 Å². The summed E-state index contributed by atoms with van der Waals surface area (Å²) >= 11 is 1.39. The number of carbonyl (C=O) groups excluding carboxylic acids is 2.